The van der Waals surface area contributed by atoms with Crippen molar-refractivity contribution >= 4 is 11.8 Å². The summed E-state index contributed by atoms with van der Waals surface area (Å²) in [6, 6.07) is 11.2. The van der Waals surface area contributed by atoms with E-state index < -0.39 is 0 Å². The zero-order chi connectivity index (χ0) is 13.6. The number of thioether (sulfide) groups is 1. The lowest BCUT2D eigenvalue weighted by atomic mass is 10.1. The van der Waals surface area contributed by atoms with Gasteiger partial charge in [-0.1, -0.05) is 30.3 Å². The molecule has 1 atom stereocenters. The first-order valence-electron chi connectivity index (χ1n) is 7.13. The van der Waals surface area contributed by atoms with Gasteiger partial charge in [-0.3, -0.25) is 0 Å². The van der Waals surface area contributed by atoms with E-state index in [4.69, 9.17) is 0 Å². The van der Waals surface area contributed by atoms with Crippen molar-refractivity contribution in [2.24, 2.45) is 0 Å². The first-order valence-corrected chi connectivity index (χ1v) is 8.29. The minimum atomic E-state index is 0.638. The largest absolute Gasteiger partial charge is 0.316 e. The van der Waals surface area contributed by atoms with Crippen LogP contribution in [0.15, 0.2) is 36.7 Å². The Bertz CT molecular complexity index is 520. The van der Waals surface area contributed by atoms with Gasteiger partial charge in [0, 0.05) is 18.3 Å². The van der Waals surface area contributed by atoms with Gasteiger partial charge >= 0.3 is 0 Å². The van der Waals surface area contributed by atoms with Crippen LogP contribution in [0, 0.1) is 0 Å². The molecule has 1 unspecified atom stereocenters. The Morgan fingerprint density at radius 2 is 2.20 bits per heavy atom. The van der Waals surface area contributed by atoms with Crippen LogP contribution in [0.3, 0.4) is 0 Å². The van der Waals surface area contributed by atoms with Gasteiger partial charge in [-0.2, -0.15) is 11.8 Å². The molecule has 0 bridgehead atoms. The van der Waals surface area contributed by atoms with Gasteiger partial charge in [0.1, 0.15) is 12.2 Å². The topological polar surface area (TPSA) is 42.7 Å². The lowest BCUT2D eigenvalue weighted by Crippen LogP contribution is -2.29. The summed E-state index contributed by atoms with van der Waals surface area (Å²) in [6.45, 7) is 1.76. The highest BCUT2D eigenvalue weighted by atomic mass is 32.2. The number of benzene rings is 1. The molecular formula is C15H20N4S. The normalized spacial score (nSPS) is 18.5. The third-order valence-electron chi connectivity index (χ3n) is 3.66. The number of rotatable bonds is 6. The Labute approximate surface area is 124 Å². The molecule has 2 aromatic rings. The third kappa shape index (κ3) is 3.61. The maximum Gasteiger partial charge on any atom is 0.146 e. The summed E-state index contributed by atoms with van der Waals surface area (Å²) in [7, 11) is 0. The van der Waals surface area contributed by atoms with Crippen molar-refractivity contribution in [2.75, 3.05) is 11.5 Å². The van der Waals surface area contributed by atoms with E-state index in [1.807, 2.05) is 18.1 Å². The second-order valence-electron chi connectivity index (χ2n) is 5.12. The van der Waals surface area contributed by atoms with E-state index >= 15 is 0 Å². The van der Waals surface area contributed by atoms with Crippen LogP contribution in [0.1, 0.15) is 17.8 Å². The van der Waals surface area contributed by atoms with E-state index in [-0.39, 0.29) is 0 Å². The van der Waals surface area contributed by atoms with Crippen LogP contribution in [-0.4, -0.2) is 32.3 Å². The van der Waals surface area contributed by atoms with Crippen LogP contribution in [0.25, 0.3) is 0 Å². The molecule has 106 valence electrons. The van der Waals surface area contributed by atoms with Gasteiger partial charge < -0.3 is 9.88 Å². The lowest BCUT2D eigenvalue weighted by Gasteiger charge is -2.11. The molecule has 20 heavy (non-hydrogen) atoms. The van der Waals surface area contributed by atoms with Crippen LogP contribution in [-0.2, 0) is 19.5 Å². The van der Waals surface area contributed by atoms with Gasteiger partial charge in [0.15, 0.2) is 0 Å². The van der Waals surface area contributed by atoms with Crippen LogP contribution in [0.4, 0.5) is 0 Å². The number of nitrogens with zero attached hydrogens (tertiary/aromatic N) is 3. The van der Waals surface area contributed by atoms with Crippen LogP contribution in [0.5, 0.6) is 0 Å². The maximum absolute atomic E-state index is 4.23. The summed E-state index contributed by atoms with van der Waals surface area (Å²) in [5.74, 6) is 3.54. The molecule has 1 aliphatic heterocycles. The summed E-state index contributed by atoms with van der Waals surface area (Å²) in [6.07, 6.45) is 4.12. The van der Waals surface area contributed by atoms with E-state index in [1.54, 1.807) is 0 Å². The molecule has 5 heteroatoms. The molecule has 1 saturated heterocycles. The van der Waals surface area contributed by atoms with E-state index in [0.717, 1.165) is 25.3 Å². The molecular weight excluding hydrogens is 268 g/mol. The number of nitrogens with one attached hydrogen (secondary N) is 1. The van der Waals surface area contributed by atoms with Crippen molar-refractivity contribution in [1.82, 2.24) is 20.1 Å². The van der Waals surface area contributed by atoms with Gasteiger partial charge in [0.05, 0.1) is 6.54 Å². The van der Waals surface area contributed by atoms with Crippen LogP contribution >= 0.6 is 11.8 Å². The molecule has 0 radical (unpaired) electrons. The first kappa shape index (κ1) is 13.6. The highest BCUT2D eigenvalue weighted by Gasteiger charge is 2.15. The third-order valence-corrected chi connectivity index (χ3v) is 4.82. The summed E-state index contributed by atoms with van der Waals surface area (Å²) in [5, 5.41) is 11.9. The van der Waals surface area contributed by atoms with Crippen molar-refractivity contribution in [3.63, 3.8) is 0 Å². The fraction of sp³-hybridized carbons (Fsp3) is 0.467. The molecule has 1 aliphatic rings. The van der Waals surface area contributed by atoms with Crippen LogP contribution < -0.4 is 5.32 Å². The van der Waals surface area contributed by atoms with Crippen LogP contribution in [0.2, 0.25) is 0 Å². The van der Waals surface area contributed by atoms with Crippen molar-refractivity contribution in [2.45, 2.75) is 32.0 Å². The molecule has 1 aromatic carbocycles. The molecule has 1 fully saturated rings. The Hall–Kier alpha value is -1.33. The number of aromatic nitrogens is 3. The predicted octanol–water partition coefficient (Wildman–Crippen LogP) is 2.12. The summed E-state index contributed by atoms with van der Waals surface area (Å²) in [4.78, 5) is 0. The Balaban J connectivity index is 1.53. The number of aryl methyl sites for hydroxylation is 2. The molecule has 4 nitrogen and oxygen atoms in total. The zero-order valence-electron chi connectivity index (χ0n) is 11.5. The van der Waals surface area contributed by atoms with Crippen molar-refractivity contribution in [3.05, 3.63) is 48.0 Å². The molecule has 1 aromatic heterocycles. The standard InChI is InChI=1S/C15H20N4S/c1-2-4-13(5-3-1)6-8-19-12-17-18-15(19)10-16-14-7-9-20-11-14/h1-5,12,14,16H,6-11H2. The fourth-order valence-electron chi connectivity index (χ4n) is 2.43. The predicted molar refractivity (Wildman–Crippen MR) is 82.7 cm³/mol. The molecule has 0 aliphatic carbocycles. The zero-order valence-corrected chi connectivity index (χ0v) is 12.4. The Morgan fingerprint density at radius 3 is 3.00 bits per heavy atom. The van der Waals surface area contributed by atoms with E-state index in [9.17, 15) is 0 Å². The van der Waals surface area contributed by atoms with Gasteiger partial charge in [-0.05, 0) is 24.2 Å². The molecule has 1 N–H and O–H groups in total. The molecule has 2 heterocycles. The van der Waals surface area contributed by atoms with Crippen molar-refractivity contribution < 1.29 is 0 Å². The fourth-order valence-corrected chi connectivity index (χ4v) is 3.61. The monoisotopic (exact) mass is 288 g/mol. The Morgan fingerprint density at radius 1 is 1.30 bits per heavy atom. The average Bonchev–Trinajstić information content (AvgIpc) is 3.15. The van der Waals surface area contributed by atoms with E-state index in [2.05, 4.69) is 50.4 Å². The van der Waals surface area contributed by atoms with Gasteiger partial charge in [-0.15, -0.1) is 10.2 Å². The SMILES string of the molecule is c1ccc(CCn2cnnc2CNC2CCSC2)cc1. The number of hydrogen-bond donors (Lipinski definition) is 1. The summed E-state index contributed by atoms with van der Waals surface area (Å²) >= 11 is 2.03. The number of hydrogen-bond acceptors (Lipinski definition) is 4. The minimum Gasteiger partial charge on any atom is -0.316 e. The van der Waals surface area contributed by atoms with Crippen molar-refractivity contribution in [3.8, 4) is 0 Å². The first-order chi connectivity index (χ1) is 9.92. The average molecular weight is 288 g/mol. The highest BCUT2D eigenvalue weighted by molar-refractivity contribution is 7.99. The molecule has 0 amide bonds. The smallest absolute Gasteiger partial charge is 0.146 e. The quantitative estimate of drug-likeness (QED) is 0.884. The van der Waals surface area contributed by atoms with E-state index in [0.29, 0.717) is 6.04 Å². The second-order valence-corrected chi connectivity index (χ2v) is 6.27. The van der Waals surface area contributed by atoms with Crippen molar-refractivity contribution in [1.29, 1.82) is 0 Å². The Kier molecular flexibility index (Phi) is 4.71. The highest BCUT2D eigenvalue weighted by Crippen LogP contribution is 2.17. The lowest BCUT2D eigenvalue weighted by molar-refractivity contribution is 0.523. The van der Waals surface area contributed by atoms with E-state index in [1.165, 1.54) is 23.5 Å². The maximum atomic E-state index is 4.23. The minimum absolute atomic E-state index is 0.638. The molecule has 3 rings (SSSR count). The molecule has 0 saturated carbocycles. The summed E-state index contributed by atoms with van der Waals surface area (Å²) < 4.78 is 2.15. The van der Waals surface area contributed by atoms with Gasteiger partial charge in [0.2, 0.25) is 0 Å². The van der Waals surface area contributed by atoms with Gasteiger partial charge in [0.25, 0.3) is 0 Å². The second kappa shape index (κ2) is 6.90. The van der Waals surface area contributed by atoms with Gasteiger partial charge in [-0.25, -0.2) is 0 Å². The summed E-state index contributed by atoms with van der Waals surface area (Å²) in [5.41, 5.74) is 1.35. The molecule has 0 spiro atoms.